The third kappa shape index (κ3) is 5.96. The molecule has 1 atom stereocenters. The lowest BCUT2D eigenvalue weighted by Crippen LogP contribution is -2.16. The zero-order valence-electron chi connectivity index (χ0n) is 19.6. The highest BCUT2D eigenvalue weighted by Crippen LogP contribution is 2.29. The molecule has 1 amide bonds. The van der Waals surface area contributed by atoms with E-state index in [2.05, 4.69) is 15.5 Å². The summed E-state index contributed by atoms with van der Waals surface area (Å²) in [6.45, 7) is 3.78. The van der Waals surface area contributed by atoms with E-state index in [-0.39, 0.29) is 11.7 Å². The highest BCUT2D eigenvalue weighted by Gasteiger charge is 2.22. The zero-order valence-corrected chi connectivity index (χ0v) is 21.1. The smallest absolute Gasteiger partial charge is 0.234 e. The summed E-state index contributed by atoms with van der Waals surface area (Å²) in [4.78, 5) is 12.7. The van der Waals surface area contributed by atoms with E-state index < -0.39 is 6.10 Å². The monoisotopic (exact) mass is 508 g/mol. The predicted octanol–water partition coefficient (Wildman–Crippen LogP) is 6.11. The van der Waals surface area contributed by atoms with Crippen LogP contribution in [0.1, 0.15) is 24.4 Å². The van der Waals surface area contributed by atoms with Crippen LogP contribution in [0.15, 0.2) is 78.0 Å². The predicted molar refractivity (Wildman–Crippen MR) is 139 cm³/mol. The second-order valence-corrected chi connectivity index (χ2v) is 9.05. The molecule has 35 heavy (non-hydrogen) atoms. The third-order valence-corrected chi connectivity index (χ3v) is 6.62. The Bertz CT molecular complexity index is 1300. The van der Waals surface area contributed by atoms with Crippen LogP contribution < -0.4 is 14.8 Å². The number of anilines is 1. The van der Waals surface area contributed by atoms with Crippen molar-refractivity contribution in [1.82, 2.24) is 14.8 Å². The third-order valence-electron chi connectivity index (χ3n) is 5.28. The number of thioether (sulfide) groups is 1. The topological polar surface area (TPSA) is 78.3 Å². The highest BCUT2D eigenvalue weighted by atomic mass is 35.5. The van der Waals surface area contributed by atoms with Crippen LogP contribution in [-0.2, 0) is 4.79 Å². The van der Waals surface area contributed by atoms with Gasteiger partial charge in [0.1, 0.15) is 11.5 Å². The van der Waals surface area contributed by atoms with Crippen molar-refractivity contribution < 1.29 is 14.3 Å². The molecule has 0 radical (unpaired) electrons. The van der Waals surface area contributed by atoms with Gasteiger partial charge in [-0.3, -0.25) is 9.36 Å². The molecule has 0 bridgehead atoms. The number of amides is 1. The zero-order chi connectivity index (χ0) is 24.8. The lowest BCUT2D eigenvalue weighted by atomic mass is 10.2. The molecule has 0 aliphatic heterocycles. The maximum absolute atomic E-state index is 12.7. The molecule has 3 aromatic carbocycles. The minimum atomic E-state index is -0.395. The Morgan fingerprint density at radius 2 is 1.74 bits per heavy atom. The lowest BCUT2D eigenvalue weighted by Gasteiger charge is -2.17. The van der Waals surface area contributed by atoms with Gasteiger partial charge in [-0.1, -0.05) is 47.6 Å². The van der Waals surface area contributed by atoms with E-state index in [1.54, 1.807) is 19.2 Å². The molecule has 0 saturated carbocycles. The van der Waals surface area contributed by atoms with Crippen LogP contribution in [0, 0.1) is 6.92 Å². The first-order valence-corrected chi connectivity index (χ1v) is 12.3. The number of carbonyl (C=O) groups is 1. The van der Waals surface area contributed by atoms with Crippen molar-refractivity contribution in [2.24, 2.45) is 0 Å². The summed E-state index contributed by atoms with van der Waals surface area (Å²) in [5.41, 5.74) is 2.40. The second kappa shape index (κ2) is 11.3. The number of carbonyl (C=O) groups excluding carboxylic acids is 1. The number of benzene rings is 3. The molecule has 1 aromatic heterocycles. The van der Waals surface area contributed by atoms with Gasteiger partial charge in [0.05, 0.1) is 12.9 Å². The van der Waals surface area contributed by atoms with Gasteiger partial charge in [0.2, 0.25) is 5.91 Å². The van der Waals surface area contributed by atoms with E-state index in [1.165, 1.54) is 11.8 Å². The van der Waals surface area contributed by atoms with Crippen molar-refractivity contribution in [3.05, 3.63) is 89.2 Å². The van der Waals surface area contributed by atoms with Crippen molar-refractivity contribution in [1.29, 1.82) is 0 Å². The Morgan fingerprint density at radius 3 is 2.46 bits per heavy atom. The molecular weight excluding hydrogens is 484 g/mol. The van der Waals surface area contributed by atoms with E-state index in [9.17, 15) is 4.79 Å². The van der Waals surface area contributed by atoms with Crippen molar-refractivity contribution in [3.63, 3.8) is 0 Å². The fourth-order valence-corrected chi connectivity index (χ4v) is 4.36. The molecular formula is C26H25ClN4O3S. The molecule has 180 valence electrons. The van der Waals surface area contributed by atoms with Crippen molar-refractivity contribution in [3.8, 4) is 17.2 Å². The standard InChI is InChI=1S/C26H25ClN4O3S/c1-17-22(27)10-7-11-23(17)28-24(32)16-35-26-30-29-25(31(26)19-8-5-4-6-9-19)18(2)34-21-14-12-20(33-3)13-15-21/h4-15,18H,16H2,1-3H3,(H,28,32). The fourth-order valence-electron chi connectivity index (χ4n) is 3.43. The van der Waals surface area contributed by atoms with E-state index in [1.807, 2.05) is 79.1 Å². The molecule has 1 unspecified atom stereocenters. The Morgan fingerprint density at radius 1 is 1.03 bits per heavy atom. The number of ether oxygens (including phenoxy) is 2. The van der Waals surface area contributed by atoms with E-state index >= 15 is 0 Å². The van der Waals surface area contributed by atoms with E-state index in [0.29, 0.717) is 27.4 Å². The van der Waals surface area contributed by atoms with Gasteiger partial charge in [0.15, 0.2) is 17.1 Å². The number of rotatable bonds is 9. The van der Waals surface area contributed by atoms with Gasteiger partial charge >= 0.3 is 0 Å². The normalized spacial score (nSPS) is 11.7. The van der Waals surface area contributed by atoms with E-state index in [0.717, 1.165) is 17.0 Å². The molecule has 1 N–H and O–H groups in total. The Balaban J connectivity index is 1.53. The maximum Gasteiger partial charge on any atom is 0.234 e. The molecule has 0 aliphatic carbocycles. The first kappa shape index (κ1) is 24.6. The summed E-state index contributed by atoms with van der Waals surface area (Å²) < 4.78 is 13.2. The van der Waals surface area contributed by atoms with Crippen molar-refractivity contribution in [2.75, 3.05) is 18.2 Å². The molecule has 9 heteroatoms. The van der Waals surface area contributed by atoms with Gasteiger partial charge in [0.25, 0.3) is 0 Å². The number of nitrogens with zero attached hydrogens (tertiary/aromatic N) is 3. The van der Waals surface area contributed by atoms with Crippen molar-refractivity contribution in [2.45, 2.75) is 25.1 Å². The molecule has 0 fully saturated rings. The first-order valence-electron chi connectivity index (χ1n) is 11.0. The summed E-state index contributed by atoms with van der Waals surface area (Å²) in [6, 6.07) is 22.5. The summed E-state index contributed by atoms with van der Waals surface area (Å²) >= 11 is 7.47. The van der Waals surface area contributed by atoms with Gasteiger partial charge < -0.3 is 14.8 Å². The largest absolute Gasteiger partial charge is 0.497 e. The molecule has 4 rings (SSSR count). The number of hydrogen-bond acceptors (Lipinski definition) is 6. The van der Waals surface area contributed by atoms with Crippen LogP contribution in [0.5, 0.6) is 11.5 Å². The van der Waals surface area contributed by atoms with Crippen LogP contribution in [0.4, 0.5) is 5.69 Å². The maximum atomic E-state index is 12.7. The molecule has 0 saturated heterocycles. The number of aromatic nitrogens is 3. The molecule has 4 aromatic rings. The number of methoxy groups -OCH3 is 1. The Hall–Kier alpha value is -3.49. The molecule has 0 aliphatic rings. The molecule has 7 nitrogen and oxygen atoms in total. The van der Waals surface area contributed by atoms with Crippen LogP contribution in [0.25, 0.3) is 5.69 Å². The highest BCUT2D eigenvalue weighted by molar-refractivity contribution is 7.99. The fraction of sp³-hybridized carbons (Fsp3) is 0.192. The Labute approximate surface area is 213 Å². The summed E-state index contributed by atoms with van der Waals surface area (Å²) in [5.74, 6) is 2.06. The number of hydrogen-bond donors (Lipinski definition) is 1. The number of nitrogens with one attached hydrogen (secondary N) is 1. The minimum Gasteiger partial charge on any atom is -0.497 e. The van der Waals surface area contributed by atoms with Crippen molar-refractivity contribution >= 4 is 35.0 Å². The minimum absolute atomic E-state index is 0.157. The Kier molecular flexibility index (Phi) is 7.94. The van der Waals surface area contributed by atoms with Gasteiger partial charge in [-0.05, 0) is 67.9 Å². The number of halogens is 1. The van der Waals surface area contributed by atoms with Crippen LogP contribution >= 0.6 is 23.4 Å². The van der Waals surface area contributed by atoms with Crippen LogP contribution in [0.2, 0.25) is 5.02 Å². The second-order valence-electron chi connectivity index (χ2n) is 7.70. The SMILES string of the molecule is COc1ccc(OC(C)c2nnc(SCC(=O)Nc3cccc(Cl)c3C)n2-c2ccccc2)cc1. The average molecular weight is 509 g/mol. The number of para-hydroxylation sites is 1. The quantitative estimate of drug-likeness (QED) is 0.275. The van der Waals surface area contributed by atoms with Gasteiger partial charge in [-0.2, -0.15) is 0 Å². The average Bonchev–Trinajstić information content (AvgIpc) is 3.31. The van der Waals surface area contributed by atoms with Gasteiger partial charge in [0, 0.05) is 16.4 Å². The van der Waals surface area contributed by atoms with Crippen LogP contribution in [0.3, 0.4) is 0 Å². The molecule has 0 spiro atoms. The first-order chi connectivity index (χ1) is 17.0. The van der Waals surface area contributed by atoms with Gasteiger partial charge in [-0.15, -0.1) is 10.2 Å². The van der Waals surface area contributed by atoms with Crippen LogP contribution in [-0.4, -0.2) is 33.5 Å². The molecule has 1 heterocycles. The summed E-state index contributed by atoms with van der Waals surface area (Å²) in [6.07, 6.45) is -0.395. The van der Waals surface area contributed by atoms with Gasteiger partial charge in [-0.25, -0.2) is 0 Å². The van der Waals surface area contributed by atoms with E-state index in [4.69, 9.17) is 21.1 Å². The lowest BCUT2D eigenvalue weighted by molar-refractivity contribution is -0.113. The summed E-state index contributed by atoms with van der Waals surface area (Å²) in [5, 5.41) is 12.9. The summed E-state index contributed by atoms with van der Waals surface area (Å²) in [7, 11) is 1.62.